The fourth-order valence-electron chi connectivity index (χ4n) is 1.57. The summed E-state index contributed by atoms with van der Waals surface area (Å²) in [6.45, 7) is 3.25. The van der Waals surface area contributed by atoms with Crippen molar-refractivity contribution in [3.8, 4) is 0 Å². The van der Waals surface area contributed by atoms with Crippen LogP contribution in [-0.4, -0.2) is 14.8 Å². The van der Waals surface area contributed by atoms with E-state index in [1.54, 1.807) is 12.4 Å². The van der Waals surface area contributed by atoms with Gasteiger partial charge in [-0.05, 0) is 35.6 Å². The number of aryl methyl sites for hydroxylation is 1. The Labute approximate surface area is 118 Å². The van der Waals surface area contributed by atoms with E-state index in [2.05, 4.69) is 15.5 Å². The first kappa shape index (κ1) is 13.1. The molecule has 7 heteroatoms. The standard InChI is InChI=1S/C11H13FIN5/c1-2-18-6-16-17-11(18)5-15-10-3-7(12)8(13)4-9(10)14/h3-4,6,15H,2,5,14H2,1H3. The average Bonchev–Trinajstić information content (AvgIpc) is 2.79. The monoisotopic (exact) mass is 361 g/mol. The Hall–Kier alpha value is -1.38. The molecule has 0 aliphatic carbocycles. The Balaban J connectivity index is 2.13. The molecule has 0 fully saturated rings. The van der Waals surface area contributed by atoms with E-state index in [4.69, 9.17) is 5.73 Å². The van der Waals surface area contributed by atoms with Crippen molar-refractivity contribution in [3.63, 3.8) is 0 Å². The number of nitrogens with two attached hydrogens (primary N) is 1. The maximum absolute atomic E-state index is 13.4. The fourth-order valence-corrected chi connectivity index (χ4v) is 2.06. The molecule has 3 N–H and O–H groups in total. The molecule has 0 aliphatic rings. The van der Waals surface area contributed by atoms with Crippen LogP contribution in [0, 0.1) is 9.39 Å². The van der Waals surface area contributed by atoms with Crippen molar-refractivity contribution in [3.05, 3.63) is 33.7 Å². The van der Waals surface area contributed by atoms with Gasteiger partial charge >= 0.3 is 0 Å². The Morgan fingerprint density at radius 1 is 1.50 bits per heavy atom. The van der Waals surface area contributed by atoms with E-state index in [-0.39, 0.29) is 5.82 Å². The van der Waals surface area contributed by atoms with E-state index in [9.17, 15) is 4.39 Å². The Morgan fingerprint density at radius 2 is 2.28 bits per heavy atom. The summed E-state index contributed by atoms with van der Waals surface area (Å²) in [5, 5.41) is 10.9. The maximum Gasteiger partial charge on any atom is 0.152 e. The number of anilines is 2. The molecule has 0 amide bonds. The third-order valence-corrected chi connectivity index (χ3v) is 3.39. The molecule has 0 bridgehead atoms. The van der Waals surface area contributed by atoms with Crippen molar-refractivity contribution in [1.82, 2.24) is 14.8 Å². The number of benzene rings is 1. The van der Waals surface area contributed by atoms with Crippen molar-refractivity contribution in [2.45, 2.75) is 20.0 Å². The average molecular weight is 361 g/mol. The zero-order valence-corrected chi connectivity index (χ0v) is 12.0. The first-order valence-corrected chi connectivity index (χ1v) is 6.54. The second-order valence-corrected chi connectivity index (χ2v) is 4.90. The summed E-state index contributed by atoms with van der Waals surface area (Å²) in [7, 11) is 0. The summed E-state index contributed by atoms with van der Waals surface area (Å²) < 4.78 is 15.9. The molecule has 0 unspecified atom stereocenters. The van der Waals surface area contributed by atoms with Gasteiger partial charge in [-0.3, -0.25) is 0 Å². The summed E-state index contributed by atoms with van der Waals surface area (Å²) in [6, 6.07) is 2.99. The smallest absolute Gasteiger partial charge is 0.152 e. The molecule has 18 heavy (non-hydrogen) atoms. The van der Waals surface area contributed by atoms with Gasteiger partial charge in [0.1, 0.15) is 12.1 Å². The van der Waals surface area contributed by atoms with Crippen LogP contribution in [-0.2, 0) is 13.1 Å². The van der Waals surface area contributed by atoms with Crippen LogP contribution in [0.5, 0.6) is 0 Å². The molecule has 0 radical (unpaired) electrons. The first-order chi connectivity index (χ1) is 8.61. The fraction of sp³-hybridized carbons (Fsp3) is 0.273. The molecule has 5 nitrogen and oxygen atoms in total. The number of rotatable bonds is 4. The third kappa shape index (κ3) is 2.71. The van der Waals surface area contributed by atoms with Crippen LogP contribution in [0.1, 0.15) is 12.7 Å². The Morgan fingerprint density at radius 3 is 3.00 bits per heavy atom. The predicted octanol–water partition coefficient (Wildman–Crippen LogP) is 2.24. The van der Waals surface area contributed by atoms with Crippen LogP contribution in [0.4, 0.5) is 15.8 Å². The number of nitrogens with zero attached hydrogens (tertiary/aromatic N) is 3. The van der Waals surface area contributed by atoms with E-state index < -0.39 is 0 Å². The minimum Gasteiger partial charge on any atom is -0.397 e. The predicted molar refractivity (Wildman–Crippen MR) is 76.6 cm³/mol. The van der Waals surface area contributed by atoms with Gasteiger partial charge in [0.15, 0.2) is 5.82 Å². The van der Waals surface area contributed by atoms with Crippen LogP contribution in [0.2, 0.25) is 0 Å². The molecule has 2 rings (SSSR count). The van der Waals surface area contributed by atoms with Crippen LogP contribution in [0.25, 0.3) is 0 Å². The third-order valence-electron chi connectivity index (χ3n) is 2.57. The largest absolute Gasteiger partial charge is 0.397 e. The summed E-state index contributed by atoms with van der Waals surface area (Å²) in [4.78, 5) is 0. The summed E-state index contributed by atoms with van der Waals surface area (Å²) in [5.41, 5.74) is 6.91. The summed E-state index contributed by atoms with van der Waals surface area (Å²) >= 11 is 1.91. The number of hydrogen-bond acceptors (Lipinski definition) is 4. The number of nitrogen functional groups attached to an aromatic ring is 1. The van der Waals surface area contributed by atoms with E-state index in [1.165, 1.54) is 6.07 Å². The van der Waals surface area contributed by atoms with Gasteiger partial charge in [0.2, 0.25) is 0 Å². The van der Waals surface area contributed by atoms with E-state index >= 15 is 0 Å². The molecular weight excluding hydrogens is 348 g/mol. The highest BCUT2D eigenvalue weighted by atomic mass is 127. The summed E-state index contributed by atoms with van der Waals surface area (Å²) in [6.07, 6.45) is 1.66. The van der Waals surface area contributed by atoms with Crippen LogP contribution < -0.4 is 11.1 Å². The number of hydrogen-bond donors (Lipinski definition) is 2. The number of halogens is 2. The van der Waals surface area contributed by atoms with Gasteiger partial charge in [0.25, 0.3) is 0 Å². The molecule has 1 aromatic heterocycles. The Bertz CT molecular complexity index is 554. The van der Waals surface area contributed by atoms with E-state index in [1.807, 2.05) is 34.1 Å². The zero-order chi connectivity index (χ0) is 13.1. The highest BCUT2D eigenvalue weighted by Crippen LogP contribution is 2.24. The van der Waals surface area contributed by atoms with E-state index in [0.29, 0.717) is 21.5 Å². The highest BCUT2D eigenvalue weighted by molar-refractivity contribution is 14.1. The van der Waals surface area contributed by atoms with Gasteiger partial charge in [0, 0.05) is 12.6 Å². The van der Waals surface area contributed by atoms with Gasteiger partial charge in [-0.15, -0.1) is 10.2 Å². The minimum absolute atomic E-state index is 0.288. The normalized spacial score (nSPS) is 10.6. The summed E-state index contributed by atoms with van der Waals surface area (Å²) in [5.74, 6) is 0.500. The zero-order valence-electron chi connectivity index (χ0n) is 9.82. The van der Waals surface area contributed by atoms with Crippen LogP contribution in [0.15, 0.2) is 18.5 Å². The van der Waals surface area contributed by atoms with Crippen LogP contribution >= 0.6 is 22.6 Å². The topological polar surface area (TPSA) is 68.8 Å². The van der Waals surface area contributed by atoms with Gasteiger partial charge < -0.3 is 15.6 Å². The highest BCUT2D eigenvalue weighted by Gasteiger charge is 2.07. The van der Waals surface area contributed by atoms with Crippen molar-refractivity contribution in [1.29, 1.82) is 0 Å². The lowest BCUT2D eigenvalue weighted by molar-refractivity contribution is 0.621. The molecule has 2 aromatic rings. The molecule has 0 saturated heterocycles. The lowest BCUT2D eigenvalue weighted by Crippen LogP contribution is -2.09. The van der Waals surface area contributed by atoms with Crippen molar-refractivity contribution >= 4 is 34.0 Å². The Kier molecular flexibility index (Phi) is 4.00. The van der Waals surface area contributed by atoms with Crippen molar-refractivity contribution in [2.75, 3.05) is 11.1 Å². The van der Waals surface area contributed by atoms with Crippen molar-refractivity contribution in [2.24, 2.45) is 0 Å². The lowest BCUT2D eigenvalue weighted by Gasteiger charge is -2.10. The molecule has 0 atom stereocenters. The van der Waals surface area contributed by atoms with Gasteiger partial charge in [-0.1, -0.05) is 0 Å². The molecule has 96 valence electrons. The number of aromatic nitrogens is 3. The molecule has 0 spiro atoms. The van der Waals surface area contributed by atoms with E-state index in [0.717, 1.165) is 12.4 Å². The van der Waals surface area contributed by atoms with Gasteiger partial charge in [-0.25, -0.2) is 4.39 Å². The van der Waals surface area contributed by atoms with Gasteiger partial charge in [0.05, 0.1) is 21.5 Å². The first-order valence-electron chi connectivity index (χ1n) is 5.47. The second-order valence-electron chi connectivity index (χ2n) is 3.74. The maximum atomic E-state index is 13.4. The molecule has 1 heterocycles. The second kappa shape index (κ2) is 5.51. The van der Waals surface area contributed by atoms with Crippen molar-refractivity contribution < 1.29 is 4.39 Å². The SMILES string of the molecule is CCn1cnnc1CNc1cc(F)c(I)cc1N. The quantitative estimate of drug-likeness (QED) is 0.648. The molecule has 0 saturated carbocycles. The molecule has 1 aromatic carbocycles. The minimum atomic E-state index is -0.288. The lowest BCUT2D eigenvalue weighted by atomic mass is 10.2. The molecule has 0 aliphatic heterocycles. The van der Waals surface area contributed by atoms with Crippen LogP contribution in [0.3, 0.4) is 0 Å². The number of nitrogens with one attached hydrogen (secondary N) is 1. The van der Waals surface area contributed by atoms with Gasteiger partial charge in [-0.2, -0.15) is 0 Å². The molecular formula is C11H13FIN5.